The first kappa shape index (κ1) is 80.0. The molecular weight excluding hydrogens is 1040 g/mol. The molecule has 0 amide bonds. The molecule has 0 aliphatic carbocycles. The van der Waals surface area contributed by atoms with Crippen molar-refractivity contribution in [2.24, 2.45) is 0 Å². The number of nitrogens with zero attached hydrogens (tertiary/aromatic N) is 1. The summed E-state index contributed by atoms with van der Waals surface area (Å²) in [5.41, 5.74) is 0. The Labute approximate surface area is 509 Å². The van der Waals surface area contributed by atoms with Gasteiger partial charge in [-0.05, 0) is 77.0 Å². The molecule has 0 aromatic rings. The Hall–Kier alpha value is -2.03. The van der Waals surface area contributed by atoms with Crippen molar-refractivity contribution < 1.29 is 42.1 Å². The number of phosphoric acid groups is 1. The van der Waals surface area contributed by atoms with Crippen molar-refractivity contribution in [1.29, 1.82) is 0 Å². The molecule has 0 aromatic heterocycles. The second-order valence-corrected chi connectivity index (χ2v) is 26.7. The zero-order valence-corrected chi connectivity index (χ0v) is 55.9. The Morgan fingerprint density at radius 1 is 0.378 bits per heavy atom. The van der Waals surface area contributed by atoms with Gasteiger partial charge in [0.15, 0.2) is 6.10 Å². The van der Waals surface area contributed by atoms with Crippen LogP contribution in [0.3, 0.4) is 0 Å². The minimum Gasteiger partial charge on any atom is -0.462 e. The number of carbonyl (C=O) groups excluding carboxylic acids is 2. The lowest BCUT2D eigenvalue weighted by atomic mass is 10.0. The van der Waals surface area contributed by atoms with Gasteiger partial charge in [-0.15, -0.1) is 0 Å². The van der Waals surface area contributed by atoms with Crippen LogP contribution in [0.1, 0.15) is 348 Å². The average Bonchev–Trinajstić information content (AvgIpc) is 3.46. The predicted molar refractivity (Wildman–Crippen MR) is 353 cm³/mol. The number of unbranched alkanes of at least 4 members (excludes halogenated alkanes) is 44. The van der Waals surface area contributed by atoms with Crippen LogP contribution in [0.2, 0.25) is 0 Å². The van der Waals surface area contributed by atoms with Crippen molar-refractivity contribution in [2.75, 3.05) is 47.5 Å². The van der Waals surface area contributed by atoms with Crippen LogP contribution in [0.5, 0.6) is 0 Å². The fourth-order valence-electron chi connectivity index (χ4n) is 10.4. The van der Waals surface area contributed by atoms with Crippen molar-refractivity contribution in [1.82, 2.24) is 0 Å². The molecule has 0 saturated heterocycles. The van der Waals surface area contributed by atoms with Crippen molar-refractivity contribution >= 4 is 19.8 Å². The summed E-state index contributed by atoms with van der Waals surface area (Å²) < 4.78 is 34.7. The van der Waals surface area contributed by atoms with Crippen molar-refractivity contribution in [3.8, 4) is 0 Å². The highest BCUT2D eigenvalue weighted by atomic mass is 31.2. The number of likely N-dealkylation sites (N-methyl/N-ethyl adjacent to an activating group) is 1. The van der Waals surface area contributed by atoms with E-state index in [0.29, 0.717) is 17.4 Å². The summed E-state index contributed by atoms with van der Waals surface area (Å²) in [5, 5.41) is 0. The number of allylic oxidation sites excluding steroid dienone is 8. The third kappa shape index (κ3) is 67.1. The van der Waals surface area contributed by atoms with Crippen LogP contribution in [-0.2, 0) is 32.7 Å². The van der Waals surface area contributed by atoms with E-state index >= 15 is 0 Å². The maximum Gasteiger partial charge on any atom is 0.472 e. The lowest BCUT2D eigenvalue weighted by molar-refractivity contribution is -0.870. The predicted octanol–water partition coefficient (Wildman–Crippen LogP) is 22.8. The van der Waals surface area contributed by atoms with E-state index in [-0.39, 0.29) is 32.0 Å². The molecule has 9 nitrogen and oxygen atoms in total. The highest BCUT2D eigenvalue weighted by Gasteiger charge is 2.27. The largest absolute Gasteiger partial charge is 0.472 e. The highest BCUT2D eigenvalue weighted by Crippen LogP contribution is 2.43. The lowest BCUT2D eigenvalue weighted by Crippen LogP contribution is -2.37. The van der Waals surface area contributed by atoms with E-state index in [1.54, 1.807) is 0 Å². The second-order valence-electron chi connectivity index (χ2n) is 25.3. The fraction of sp³-hybridized carbons (Fsp3) is 0.861. The molecule has 0 aliphatic heterocycles. The Morgan fingerprint density at radius 3 is 0.963 bits per heavy atom. The first-order chi connectivity index (χ1) is 40.0. The maximum atomic E-state index is 12.9. The van der Waals surface area contributed by atoms with Gasteiger partial charge >= 0.3 is 19.8 Å². The van der Waals surface area contributed by atoms with E-state index in [1.165, 1.54) is 270 Å². The van der Waals surface area contributed by atoms with E-state index in [0.717, 1.165) is 44.9 Å². The molecule has 2 unspecified atom stereocenters. The Morgan fingerprint density at radius 2 is 0.659 bits per heavy atom. The van der Waals surface area contributed by atoms with Gasteiger partial charge in [0.1, 0.15) is 19.8 Å². The van der Waals surface area contributed by atoms with Crippen molar-refractivity contribution in [3.63, 3.8) is 0 Å². The minimum absolute atomic E-state index is 0.0325. The van der Waals surface area contributed by atoms with Crippen LogP contribution in [0.25, 0.3) is 0 Å². The number of phosphoric ester groups is 1. The topological polar surface area (TPSA) is 108 Å². The fourth-order valence-corrected chi connectivity index (χ4v) is 11.1. The second kappa shape index (κ2) is 63.5. The minimum atomic E-state index is -4.39. The van der Waals surface area contributed by atoms with Gasteiger partial charge in [-0.1, -0.05) is 306 Å². The summed E-state index contributed by atoms with van der Waals surface area (Å²) >= 11 is 0. The van der Waals surface area contributed by atoms with Crippen LogP contribution in [0.15, 0.2) is 48.6 Å². The van der Waals surface area contributed by atoms with Crippen LogP contribution in [-0.4, -0.2) is 74.9 Å². The number of hydrogen-bond acceptors (Lipinski definition) is 7. The SMILES string of the molecule is CCCCCCC/C=C\C/C=C\CCCCCCCCCCCCCCCCCCCCCCCCCCCC(=O)OC(COC(=O)CCCCCCCCCCC/C=C\C/C=C\CCCCCCC)COP(=O)(O)OCC[N+](C)(C)C. The standard InChI is InChI=1S/C72H136NO8P/c1-6-8-10-12-14-16-18-20-22-24-26-28-29-30-31-32-33-34-35-36-37-38-39-40-41-42-43-45-47-49-51-53-55-57-59-61-63-65-72(75)81-70(69-80-82(76,77)79-67-66-73(3,4)5)68-78-71(74)64-62-60-58-56-54-52-50-48-46-44-27-25-23-21-19-17-15-13-11-9-7-2/h18-21,24-27,70H,6-17,22-23,28-69H2,1-5H3/p+1/b20-18-,21-19-,26-24-,27-25-. The monoisotopic (exact) mass is 1180 g/mol. The Balaban J connectivity index is 3.95. The Kier molecular flexibility index (Phi) is 61.9. The molecule has 0 radical (unpaired) electrons. The van der Waals surface area contributed by atoms with Crippen molar-refractivity contribution in [3.05, 3.63) is 48.6 Å². The quantitative estimate of drug-likeness (QED) is 0.0211. The molecule has 0 spiro atoms. The van der Waals surface area contributed by atoms with E-state index in [1.807, 2.05) is 21.1 Å². The van der Waals surface area contributed by atoms with Crippen LogP contribution < -0.4 is 0 Å². The van der Waals surface area contributed by atoms with Crippen LogP contribution in [0, 0.1) is 0 Å². The molecule has 0 saturated carbocycles. The summed E-state index contributed by atoms with van der Waals surface area (Å²) in [5.74, 6) is -0.785. The average molecular weight is 1180 g/mol. The first-order valence-corrected chi connectivity index (χ1v) is 36.9. The number of carbonyl (C=O) groups is 2. The zero-order valence-electron chi connectivity index (χ0n) is 55.0. The van der Waals surface area contributed by atoms with Gasteiger partial charge in [0.2, 0.25) is 0 Å². The van der Waals surface area contributed by atoms with Crippen LogP contribution in [0.4, 0.5) is 0 Å². The molecule has 10 heteroatoms. The third-order valence-electron chi connectivity index (χ3n) is 15.8. The summed E-state index contributed by atoms with van der Waals surface area (Å²) in [7, 11) is 1.49. The molecule has 1 N–H and O–H groups in total. The summed E-state index contributed by atoms with van der Waals surface area (Å²) in [6, 6.07) is 0. The summed E-state index contributed by atoms with van der Waals surface area (Å²) in [6.45, 7) is 4.46. The molecular formula is C72H137NO8P+. The van der Waals surface area contributed by atoms with E-state index < -0.39 is 26.5 Å². The molecule has 0 aliphatic rings. The lowest BCUT2D eigenvalue weighted by Gasteiger charge is -2.24. The number of esters is 2. The van der Waals surface area contributed by atoms with Crippen molar-refractivity contribution in [2.45, 2.75) is 354 Å². The number of quaternary nitrogens is 1. The van der Waals surface area contributed by atoms with Gasteiger partial charge in [0.25, 0.3) is 0 Å². The third-order valence-corrected chi connectivity index (χ3v) is 16.8. The molecule has 0 aromatic carbocycles. The van der Waals surface area contributed by atoms with Gasteiger partial charge in [-0.3, -0.25) is 18.6 Å². The zero-order chi connectivity index (χ0) is 59.8. The maximum absolute atomic E-state index is 12.9. The summed E-state index contributed by atoms with van der Waals surface area (Å²) in [6.07, 6.45) is 82.3. The van der Waals surface area contributed by atoms with Gasteiger partial charge < -0.3 is 18.9 Å². The van der Waals surface area contributed by atoms with E-state index in [9.17, 15) is 19.0 Å². The molecule has 82 heavy (non-hydrogen) atoms. The van der Waals surface area contributed by atoms with Gasteiger partial charge in [-0.25, -0.2) is 4.57 Å². The first-order valence-electron chi connectivity index (χ1n) is 35.4. The molecule has 0 heterocycles. The number of hydrogen-bond donors (Lipinski definition) is 1. The molecule has 482 valence electrons. The summed E-state index contributed by atoms with van der Waals surface area (Å²) in [4.78, 5) is 35.8. The highest BCUT2D eigenvalue weighted by molar-refractivity contribution is 7.47. The van der Waals surface area contributed by atoms with Gasteiger partial charge in [0.05, 0.1) is 27.7 Å². The Bertz CT molecular complexity index is 1520. The molecule has 2 atom stereocenters. The van der Waals surface area contributed by atoms with Crippen LogP contribution >= 0.6 is 7.82 Å². The number of rotatable bonds is 66. The van der Waals surface area contributed by atoms with Gasteiger partial charge in [-0.2, -0.15) is 0 Å². The smallest absolute Gasteiger partial charge is 0.462 e. The van der Waals surface area contributed by atoms with E-state index in [2.05, 4.69) is 62.5 Å². The van der Waals surface area contributed by atoms with E-state index in [4.69, 9.17) is 18.5 Å². The molecule has 0 fully saturated rings. The number of ether oxygens (including phenoxy) is 2. The van der Waals surface area contributed by atoms with Gasteiger partial charge in [0, 0.05) is 12.8 Å². The molecule has 0 bridgehead atoms. The molecule has 0 rings (SSSR count). The normalized spacial score (nSPS) is 13.4.